The van der Waals surface area contributed by atoms with E-state index in [-0.39, 0.29) is 24.6 Å². The van der Waals surface area contributed by atoms with Crippen molar-refractivity contribution in [1.29, 1.82) is 0 Å². The van der Waals surface area contributed by atoms with E-state index in [1.807, 2.05) is 24.3 Å². The average molecular weight is 320 g/mol. The molecule has 1 atom stereocenters. The normalized spacial score (nSPS) is 20.1. The van der Waals surface area contributed by atoms with Gasteiger partial charge in [-0.2, -0.15) is 4.31 Å². The second kappa shape index (κ2) is 5.68. The first kappa shape index (κ1) is 15.0. The molecular weight excluding hydrogens is 304 g/mol. The largest absolute Gasteiger partial charge is 0.367 e. The molecule has 2 N–H and O–H groups in total. The van der Waals surface area contributed by atoms with Crippen molar-refractivity contribution in [3.05, 3.63) is 42.5 Å². The molecule has 7 heteroatoms. The second-order valence-corrected chi connectivity index (χ2v) is 7.07. The number of primary amides is 1. The van der Waals surface area contributed by atoms with E-state index in [1.165, 1.54) is 4.31 Å². The molecule has 2 aromatic rings. The minimum Gasteiger partial charge on any atom is -0.367 e. The molecule has 0 spiro atoms. The maximum atomic E-state index is 12.7. The molecule has 1 aliphatic heterocycles. The first-order chi connectivity index (χ1) is 10.5. The van der Waals surface area contributed by atoms with Gasteiger partial charge in [-0.25, -0.2) is 8.42 Å². The molecule has 1 heterocycles. The van der Waals surface area contributed by atoms with Gasteiger partial charge in [0.25, 0.3) is 0 Å². The number of nitrogens with zero attached hydrogens (tertiary/aromatic N) is 1. The van der Waals surface area contributed by atoms with Gasteiger partial charge in [0.2, 0.25) is 15.9 Å². The number of rotatable bonds is 3. The van der Waals surface area contributed by atoms with E-state index in [2.05, 4.69) is 0 Å². The Kier molecular flexibility index (Phi) is 3.86. The molecule has 0 unspecified atom stereocenters. The van der Waals surface area contributed by atoms with Crippen LogP contribution < -0.4 is 5.73 Å². The summed E-state index contributed by atoms with van der Waals surface area (Å²) in [6.45, 7) is 0.309. The molecular formula is C15H16N2O4S. The van der Waals surface area contributed by atoms with Crippen LogP contribution in [-0.2, 0) is 19.6 Å². The summed E-state index contributed by atoms with van der Waals surface area (Å²) in [7, 11) is -3.67. The van der Waals surface area contributed by atoms with Gasteiger partial charge < -0.3 is 10.5 Å². The zero-order chi connectivity index (χ0) is 15.7. The van der Waals surface area contributed by atoms with Crippen molar-refractivity contribution in [2.24, 2.45) is 5.73 Å². The maximum absolute atomic E-state index is 12.7. The van der Waals surface area contributed by atoms with Gasteiger partial charge in [-0.15, -0.1) is 0 Å². The molecule has 0 aromatic heterocycles. The highest BCUT2D eigenvalue weighted by Crippen LogP contribution is 2.23. The van der Waals surface area contributed by atoms with Gasteiger partial charge in [-0.1, -0.05) is 30.3 Å². The minimum absolute atomic E-state index is 0.0511. The van der Waals surface area contributed by atoms with E-state index in [0.29, 0.717) is 0 Å². The molecule has 0 saturated carbocycles. The lowest BCUT2D eigenvalue weighted by Gasteiger charge is -2.30. The molecule has 1 amide bonds. The Morgan fingerprint density at radius 1 is 1.18 bits per heavy atom. The van der Waals surface area contributed by atoms with Gasteiger partial charge in [0.1, 0.15) is 6.10 Å². The number of hydrogen-bond donors (Lipinski definition) is 1. The SMILES string of the molecule is NC(=O)[C@@H]1CN(S(=O)(=O)c2ccc3ccccc3c2)CCO1. The Balaban J connectivity index is 1.95. The van der Waals surface area contributed by atoms with E-state index in [0.717, 1.165) is 10.8 Å². The first-order valence-electron chi connectivity index (χ1n) is 6.88. The Hall–Kier alpha value is -1.96. The van der Waals surface area contributed by atoms with E-state index < -0.39 is 22.0 Å². The highest BCUT2D eigenvalue weighted by molar-refractivity contribution is 7.89. The highest BCUT2D eigenvalue weighted by atomic mass is 32.2. The number of morpholine rings is 1. The van der Waals surface area contributed by atoms with Crippen molar-refractivity contribution in [3.63, 3.8) is 0 Å². The summed E-state index contributed by atoms with van der Waals surface area (Å²) in [4.78, 5) is 11.4. The van der Waals surface area contributed by atoms with Gasteiger partial charge in [-0.05, 0) is 22.9 Å². The number of nitrogens with two attached hydrogens (primary N) is 1. The van der Waals surface area contributed by atoms with Crippen LogP contribution in [0.3, 0.4) is 0 Å². The lowest BCUT2D eigenvalue weighted by atomic mass is 10.1. The quantitative estimate of drug-likeness (QED) is 0.902. The van der Waals surface area contributed by atoms with Crippen molar-refractivity contribution < 1.29 is 17.9 Å². The Labute approximate surface area is 128 Å². The van der Waals surface area contributed by atoms with Crippen LogP contribution >= 0.6 is 0 Å². The molecule has 0 aliphatic carbocycles. The van der Waals surface area contributed by atoms with E-state index in [9.17, 15) is 13.2 Å². The van der Waals surface area contributed by atoms with Crippen LogP contribution in [0.2, 0.25) is 0 Å². The Bertz CT molecular complexity index is 819. The third-order valence-electron chi connectivity index (χ3n) is 3.71. The lowest BCUT2D eigenvalue weighted by Crippen LogP contribution is -2.50. The predicted octanol–water partition coefficient (Wildman–Crippen LogP) is 0.715. The van der Waals surface area contributed by atoms with Gasteiger partial charge in [-0.3, -0.25) is 4.79 Å². The lowest BCUT2D eigenvalue weighted by molar-refractivity contribution is -0.132. The summed E-state index contributed by atoms with van der Waals surface area (Å²) < 4.78 is 31.9. The van der Waals surface area contributed by atoms with Crippen LogP contribution in [0.1, 0.15) is 0 Å². The topological polar surface area (TPSA) is 89.7 Å². The number of sulfonamides is 1. The van der Waals surface area contributed by atoms with Crippen LogP contribution in [0.4, 0.5) is 0 Å². The molecule has 22 heavy (non-hydrogen) atoms. The van der Waals surface area contributed by atoms with Gasteiger partial charge in [0.15, 0.2) is 0 Å². The summed E-state index contributed by atoms with van der Waals surface area (Å²) >= 11 is 0. The number of carbonyl (C=O) groups is 1. The summed E-state index contributed by atoms with van der Waals surface area (Å²) in [5.41, 5.74) is 5.20. The smallest absolute Gasteiger partial charge is 0.247 e. The van der Waals surface area contributed by atoms with Crippen LogP contribution in [0.5, 0.6) is 0 Å². The number of benzene rings is 2. The number of hydrogen-bond acceptors (Lipinski definition) is 4. The van der Waals surface area contributed by atoms with Crippen LogP contribution in [0, 0.1) is 0 Å². The molecule has 3 rings (SSSR count). The zero-order valence-corrected chi connectivity index (χ0v) is 12.6. The van der Waals surface area contributed by atoms with Crippen LogP contribution in [0.25, 0.3) is 10.8 Å². The molecule has 2 aromatic carbocycles. The number of amides is 1. The fraction of sp³-hybridized carbons (Fsp3) is 0.267. The van der Waals surface area contributed by atoms with Crippen molar-refractivity contribution in [1.82, 2.24) is 4.31 Å². The Morgan fingerprint density at radius 2 is 1.91 bits per heavy atom. The van der Waals surface area contributed by atoms with Crippen molar-refractivity contribution >= 4 is 26.7 Å². The maximum Gasteiger partial charge on any atom is 0.247 e. The molecule has 0 bridgehead atoms. The van der Waals surface area contributed by atoms with Crippen molar-refractivity contribution in [3.8, 4) is 0 Å². The summed E-state index contributed by atoms with van der Waals surface area (Å²) in [6.07, 6.45) is -0.899. The van der Waals surface area contributed by atoms with E-state index in [1.54, 1.807) is 18.2 Å². The van der Waals surface area contributed by atoms with Crippen LogP contribution in [-0.4, -0.2) is 44.4 Å². The molecule has 1 aliphatic rings. The number of carbonyl (C=O) groups excluding carboxylic acids is 1. The average Bonchev–Trinajstić information content (AvgIpc) is 2.54. The number of ether oxygens (including phenoxy) is 1. The summed E-state index contributed by atoms with van der Waals surface area (Å²) in [5.74, 6) is -0.654. The zero-order valence-electron chi connectivity index (χ0n) is 11.8. The van der Waals surface area contributed by atoms with Crippen molar-refractivity contribution in [2.45, 2.75) is 11.0 Å². The van der Waals surface area contributed by atoms with Gasteiger partial charge >= 0.3 is 0 Å². The van der Waals surface area contributed by atoms with Crippen molar-refractivity contribution in [2.75, 3.05) is 19.7 Å². The van der Waals surface area contributed by atoms with E-state index in [4.69, 9.17) is 10.5 Å². The Morgan fingerprint density at radius 3 is 2.64 bits per heavy atom. The fourth-order valence-electron chi connectivity index (χ4n) is 2.49. The van der Waals surface area contributed by atoms with Gasteiger partial charge in [0.05, 0.1) is 11.5 Å². The molecule has 1 saturated heterocycles. The third kappa shape index (κ3) is 2.70. The fourth-order valence-corrected chi connectivity index (χ4v) is 3.95. The summed E-state index contributed by atoms with van der Waals surface area (Å²) in [6, 6.07) is 12.5. The molecule has 116 valence electrons. The molecule has 1 fully saturated rings. The number of fused-ring (bicyclic) bond motifs is 1. The van der Waals surface area contributed by atoms with Crippen LogP contribution in [0.15, 0.2) is 47.4 Å². The standard InChI is InChI=1S/C15H16N2O4S/c16-15(18)14-10-17(7-8-21-14)22(19,20)13-6-5-11-3-1-2-4-12(11)9-13/h1-6,9,14H,7-8,10H2,(H2,16,18)/t14-/m0/s1. The van der Waals surface area contributed by atoms with Gasteiger partial charge in [0, 0.05) is 13.1 Å². The highest BCUT2D eigenvalue weighted by Gasteiger charge is 2.33. The minimum atomic E-state index is -3.67. The van der Waals surface area contributed by atoms with E-state index >= 15 is 0 Å². The third-order valence-corrected chi connectivity index (χ3v) is 5.57. The monoisotopic (exact) mass is 320 g/mol. The second-order valence-electron chi connectivity index (χ2n) is 5.13. The summed E-state index contributed by atoms with van der Waals surface area (Å²) in [5, 5.41) is 1.82. The first-order valence-corrected chi connectivity index (χ1v) is 8.32. The molecule has 0 radical (unpaired) electrons. The predicted molar refractivity (Wildman–Crippen MR) is 81.6 cm³/mol. The molecule has 6 nitrogen and oxygen atoms in total.